The Morgan fingerprint density at radius 3 is 2.72 bits per heavy atom. The van der Waals surface area contributed by atoms with Gasteiger partial charge in [0.2, 0.25) is 0 Å². The van der Waals surface area contributed by atoms with Gasteiger partial charge in [-0.3, -0.25) is 0 Å². The molecular formula is C15H12BrNO. The van der Waals surface area contributed by atoms with Crippen LogP contribution in [0.1, 0.15) is 16.7 Å². The molecule has 18 heavy (non-hydrogen) atoms. The third-order valence-electron chi connectivity index (χ3n) is 2.54. The molecule has 0 bridgehead atoms. The fraction of sp³-hybridized carbons (Fsp3) is 0.133. The number of hydrogen-bond donors (Lipinski definition) is 0. The molecule has 2 aromatic carbocycles. The normalized spacial score (nSPS) is 9.83. The fourth-order valence-corrected chi connectivity index (χ4v) is 2.14. The van der Waals surface area contributed by atoms with E-state index in [4.69, 9.17) is 10.00 Å². The van der Waals surface area contributed by atoms with Gasteiger partial charge in [-0.1, -0.05) is 29.8 Å². The molecule has 0 atom stereocenters. The summed E-state index contributed by atoms with van der Waals surface area (Å²) < 4.78 is 6.52. The number of nitrogens with zero attached hydrogens (tertiary/aromatic N) is 1. The smallest absolute Gasteiger partial charge is 0.134 e. The molecule has 2 nitrogen and oxygen atoms in total. The summed E-state index contributed by atoms with van der Waals surface area (Å²) >= 11 is 3.40. The summed E-state index contributed by atoms with van der Waals surface area (Å²) in [6.45, 7) is 2.58. The highest BCUT2D eigenvalue weighted by atomic mass is 79.9. The number of halogens is 1. The first-order valence-corrected chi connectivity index (χ1v) is 6.36. The summed E-state index contributed by atoms with van der Waals surface area (Å²) in [6, 6.07) is 15.6. The lowest BCUT2D eigenvalue weighted by Crippen LogP contribution is -1.96. The molecule has 0 amide bonds. The zero-order valence-electron chi connectivity index (χ0n) is 9.98. The molecule has 90 valence electrons. The number of rotatable bonds is 3. The minimum absolute atomic E-state index is 0.520. The molecule has 2 rings (SSSR count). The predicted octanol–water partition coefficient (Wildman–Crippen LogP) is 4.21. The first kappa shape index (κ1) is 12.7. The van der Waals surface area contributed by atoms with Crippen LogP contribution in [0.4, 0.5) is 0 Å². The van der Waals surface area contributed by atoms with Crippen molar-refractivity contribution >= 4 is 15.9 Å². The molecule has 0 spiro atoms. The van der Waals surface area contributed by atoms with Crippen molar-refractivity contribution in [3.8, 4) is 11.8 Å². The van der Waals surface area contributed by atoms with Gasteiger partial charge in [0, 0.05) is 0 Å². The molecule has 0 radical (unpaired) electrons. The number of aryl methyl sites for hydroxylation is 1. The van der Waals surface area contributed by atoms with Crippen LogP contribution in [-0.2, 0) is 6.61 Å². The van der Waals surface area contributed by atoms with Crippen molar-refractivity contribution in [1.29, 1.82) is 5.26 Å². The maximum atomic E-state index is 8.78. The van der Waals surface area contributed by atoms with Crippen LogP contribution in [0.15, 0.2) is 46.9 Å². The molecule has 0 saturated carbocycles. The van der Waals surface area contributed by atoms with E-state index in [0.717, 1.165) is 15.8 Å². The van der Waals surface area contributed by atoms with Gasteiger partial charge in [0.15, 0.2) is 0 Å². The van der Waals surface area contributed by atoms with Gasteiger partial charge in [-0.15, -0.1) is 0 Å². The Morgan fingerprint density at radius 2 is 2.06 bits per heavy atom. The number of benzene rings is 2. The predicted molar refractivity (Wildman–Crippen MR) is 74.4 cm³/mol. The van der Waals surface area contributed by atoms with E-state index in [1.165, 1.54) is 5.56 Å². The van der Waals surface area contributed by atoms with Gasteiger partial charge in [-0.25, -0.2) is 0 Å². The Labute approximate surface area is 115 Å². The first-order chi connectivity index (χ1) is 8.69. The maximum Gasteiger partial charge on any atom is 0.134 e. The molecule has 0 aromatic heterocycles. The molecule has 0 unspecified atom stereocenters. The Bertz CT molecular complexity index is 602. The largest absolute Gasteiger partial charge is 0.488 e. The quantitative estimate of drug-likeness (QED) is 0.851. The highest BCUT2D eigenvalue weighted by Gasteiger charge is 2.03. The van der Waals surface area contributed by atoms with Crippen LogP contribution >= 0.6 is 15.9 Å². The Balaban J connectivity index is 2.09. The van der Waals surface area contributed by atoms with Gasteiger partial charge in [0.1, 0.15) is 12.4 Å². The van der Waals surface area contributed by atoms with E-state index in [2.05, 4.69) is 41.1 Å². The third-order valence-corrected chi connectivity index (χ3v) is 3.16. The molecule has 3 heteroatoms. The summed E-state index contributed by atoms with van der Waals surface area (Å²) in [5.74, 6) is 0.746. The topological polar surface area (TPSA) is 33.0 Å². The molecule has 0 fully saturated rings. The average molecular weight is 302 g/mol. The summed E-state index contributed by atoms with van der Waals surface area (Å²) in [5, 5.41) is 8.78. The summed E-state index contributed by atoms with van der Waals surface area (Å²) in [5.41, 5.74) is 2.96. The van der Waals surface area contributed by atoms with Gasteiger partial charge in [0.05, 0.1) is 16.1 Å². The lowest BCUT2D eigenvalue weighted by Gasteiger charge is -2.08. The molecule has 0 aliphatic carbocycles. The van der Waals surface area contributed by atoms with E-state index in [1.54, 1.807) is 18.2 Å². The Hall–Kier alpha value is -1.79. The standard InChI is InChI=1S/C15H12BrNO/c1-11-3-2-4-13(7-11)10-18-15-6-5-12(9-17)8-14(15)16/h2-8H,10H2,1H3. The summed E-state index contributed by atoms with van der Waals surface area (Å²) in [6.07, 6.45) is 0. The lowest BCUT2D eigenvalue weighted by atomic mass is 10.1. The van der Waals surface area contributed by atoms with Gasteiger partial charge in [-0.2, -0.15) is 5.26 Å². The number of hydrogen-bond acceptors (Lipinski definition) is 2. The van der Waals surface area contributed by atoms with Crippen LogP contribution in [0.5, 0.6) is 5.75 Å². The van der Waals surface area contributed by atoms with E-state index >= 15 is 0 Å². The molecule has 2 aromatic rings. The van der Waals surface area contributed by atoms with Crippen molar-refractivity contribution in [2.45, 2.75) is 13.5 Å². The van der Waals surface area contributed by atoms with Crippen LogP contribution < -0.4 is 4.74 Å². The zero-order chi connectivity index (χ0) is 13.0. The number of ether oxygens (including phenoxy) is 1. The summed E-state index contributed by atoms with van der Waals surface area (Å²) in [7, 11) is 0. The van der Waals surface area contributed by atoms with E-state index in [0.29, 0.717) is 12.2 Å². The van der Waals surface area contributed by atoms with Crippen molar-refractivity contribution in [1.82, 2.24) is 0 Å². The molecule has 0 N–H and O–H groups in total. The highest BCUT2D eigenvalue weighted by molar-refractivity contribution is 9.10. The van der Waals surface area contributed by atoms with Crippen molar-refractivity contribution in [2.75, 3.05) is 0 Å². The highest BCUT2D eigenvalue weighted by Crippen LogP contribution is 2.26. The van der Waals surface area contributed by atoms with Crippen LogP contribution in [-0.4, -0.2) is 0 Å². The van der Waals surface area contributed by atoms with Crippen molar-refractivity contribution in [3.63, 3.8) is 0 Å². The molecule has 0 heterocycles. The molecule has 0 aliphatic rings. The van der Waals surface area contributed by atoms with E-state index in [9.17, 15) is 0 Å². The van der Waals surface area contributed by atoms with Gasteiger partial charge in [-0.05, 0) is 46.6 Å². The Kier molecular flexibility index (Phi) is 4.01. The average Bonchev–Trinajstić information content (AvgIpc) is 2.37. The minimum atomic E-state index is 0.520. The minimum Gasteiger partial charge on any atom is -0.488 e. The second kappa shape index (κ2) is 5.70. The van der Waals surface area contributed by atoms with Crippen LogP contribution in [0, 0.1) is 18.3 Å². The second-order valence-corrected chi connectivity index (χ2v) is 4.89. The van der Waals surface area contributed by atoms with Crippen molar-refractivity contribution < 1.29 is 4.74 Å². The third kappa shape index (κ3) is 3.12. The SMILES string of the molecule is Cc1cccc(COc2ccc(C#N)cc2Br)c1. The molecule has 0 saturated heterocycles. The fourth-order valence-electron chi connectivity index (χ4n) is 1.65. The van der Waals surface area contributed by atoms with Gasteiger partial charge in [0.25, 0.3) is 0 Å². The van der Waals surface area contributed by atoms with E-state index in [1.807, 2.05) is 12.1 Å². The molecular weight excluding hydrogens is 290 g/mol. The van der Waals surface area contributed by atoms with Crippen LogP contribution in [0.2, 0.25) is 0 Å². The van der Waals surface area contributed by atoms with E-state index < -0.39 is 0 Å². The van der Waals surface area contributed by atoms with Gasteiger partial charge < -0.3 is 4.74 Å². The number of nitriles is 1. The summed E-state index contributed by atoms with van der Waals surface area (Å²) in [4.78, 5) is 0. The lowest BCUT2D eigenvalue weighted by molar-refractivity contribution is 0.304. The monoisotopic (exact) mass is 301 g/mol. The van der Waals surface area contributed by atoms with Crippen molar-refractivity contribution in [2.24, 2.45) is 0 Å². The second-order valence-electron chi connectivity index (χ2n) is 4.03. The van der Waals surface area contributed by atoms with Crippen molar-refractivity contribution in [3.05, 3.63) is 63.6 Å². The maximum absolute atomic E-state index is 8.78. The van der Waals surface area contributed by atoms with E-state index in [-0.39, 0.29) is 0 Å². The Morgan fingerprint density at radius 1 is 1.22 bits per heavy atom. The van der Waals surface area contributed by atoms with Gasteiger partial charge >= 0.3 is 0 Å². The first-order valence-electron chi connectivity index (χ1n) is 5.57. The molecule has 0 aliphatic heterocycles. The van der Waals surface area contributed by atoms with Crippen LogP contribution in [0.3, 0.4) is 0 Å². The zero-order valence-corrected chi connectivity index (χ0v) is 11.6. The van der Waals surface area contributed by atoms with Crippen LogP contribution in [0.25, 0.3) is 0 Å².